The van der Waals surface area contributed by atoms with E-state index < -0.39 is 0 Å². The number of unbranched alkanes of at least 4 members (excludes halogenated alkanes) is 1. The van der Waals surface area contributed by atoms with Gasteiger partial charge >= 0.3 is 0 Å². The van der Waals surface area contributed by atoms with Crippen molar-refractivity contribution in [1.29, 1.82) is 0 Å². The minimum Gasteiger partial charge on any atom is -0.385 e. The van der Waals surface area contributed by atoms with E-state index in [4.69, 9.17) is 0 Å². The fourth-order valence-corrected chi connectivity index (χ4v) is 2.04. The highest BCUT2D eigenvalue weighted by Gasteiger charge is 2.06. The molecule has 1 aromatic rings. The summed E-state index contributed by atoms with van der Waals surface area (Å²) in [6.45, 7) is 7.30. The van der Waals surface area contributed by atoms with Crippen molar-refractivity contribution >= 4 is 5.69 Å². The minimum atomic E-state index is -0.158. The second-order valence-corrected chi connectivity index (χ2v) is 4.81. The van der Waals surface area contributed by atoms with Crippen LogP contribution in [-0.4, -0.2) is 6.54 Å². The Morgan fingerprint density at radius 2 is 2.00 bits per heavy atom. The van der Waals surface area contributed by atoms with Crippen LogP contribution < -0.4 is 5.32 Å². The molecule has 1 aromatic carbocycles. The van der Waals surface area contributed by atoms with E-state index in [1.54, 1.807) is 12.1 Å². The molecule has 0 aliphatic rings. The highest BCUT2D eigenvalue weighted by atomic mass is 19.1. The molecule has 2 heteroatoms. The van der Waals surface area contributed by atoms with Crippen LogP contribution in [0.3, 0.4) is 0 Å². The maximum absolute atomic E-state index is 13.2. The normalized spacial score (nSPS) is 12.5. The van der Waals surface area contributed by atoms with Crippen molar-refractivity contribution in [3.05, 3.63) is 29.6 Å². The van der Waals surface area contributed by atoms with E-state index in [0.717, 1.165) is 17.8 Å². The molecule has 1 N–H and O–H groups in total. The molecular weight excluding hydrogens is 213 g/mol. The molecule has 17 heavy (non-hydrogen) atoms. The van der Waals surface area contributed by atoms with E-state index in [-0.39, 0.29) is 5.82 Å². The molecule has 0 aliphatic heterocycles. The quantitative estimate of drug-likeness (QED) is 0.720. The Hall–Kier alpha value is -1.05. The predicted molar refractivity (Wildman–Crippen MR) is 72.9 cm³/mol. The van der Waals surface area contributed by atoms with Crippen LogP contribution in [0.5, 0.6) is 0 Å². The van der Waals surface area contributed by atoms with Crippen molar-refractivity contribution in [2.45, 2.75) is 46.5 Å². The van der Waals surface area contributed by atoms with Crippen molar-refractivity contribution in [3.8, 4) is 0 Å². The molecule has 0 saturated carbocycles. The van der Waals surface area contributed by atoms with Gasteiger partial charge in [-0.2, -0.15) is 0 Å². The molecular formula is C15H24FN. The first-order valence-corrected chi connectivity index (χ1v) is 6.66. The first-order chi connectivity index (χ1) is 8.15. The molecule has 0 bridgehead atoms. The number of hydrogen-bond acceptors (Lipinski definition) is 1. The molecule has 0 fully saturated rings. The van der Waals surface area contributed by atoms with E-state index in [9.17, 15) is 4.39 Å². The number of rotatable bonds is 7. The molecule has 1 rings (SSSR count). The largest absolute Gasteiger partial charge is 0.385 e. The lowest BCUT2D eigenvalue weighted by Gasteiger charge is -2.16. The van der Waals surface area contributed by atoms with Crippen molar-refractivity contribution in [3.63, 3.8) is 0 Å². The van der Waals surface area contributed by atoms with Crippen molar-refractivity contribution in [2.24, 2.45) is 5.92 Å². The molecule has 96 valence electrons. The van der Waals surface area contributed by atoms with Gasteiger partial charge in [0, 0.05) is 12.2 Å². The Bertz CT molecular complexity index is 315. The average molecular weight is 237 g/mol. The number of hydrogen-bond donors (Lipinski definition) is 1. The average Bonchev–Trinajstić information content (AvgIpc) is 2.28. The van der Waals surface area contributed by atoms with Gasteiger partial charge < -0.3 is 5.32 Å². The number of benzene rings is 1. The zero-order chi connectivity index (χ0) is 12.7. The summed E-state index contributed by atoms with van der Waals surface area (Å²) in [5.74, 6) is 0.535. The predicted octanol–water partition coefficient (Wildman–Crippen LogP) is 4.76. The van der Waals surface area contributed by atoms with Gasteiger partial charge in [0.15, 0.2) is 0 Å². The standard InChI is InChI=1S/C15H24FN/c1-4-6-7-13(5-2)11-17-15-9-12(3)8-14(16)10-15/h8-10,13,17H,4-7,11H2,1-3H3. The van der Waals surface area contributed by atoms with Crippen LogP contribution in [0.1, 0.15) is 45.1 Å². The van der Waals surface area contributed by atoms with E-state index in [1.807, 2.05) is 13.0 Å². The highest BCUT2D eigenvalue weighted by Crippen LogP contribution is 2.17. The van der Waals surface area contributed by atoms with Crippen molar-refractivity contribution < 1.29 is 4.39 Å². The number of halogens is 1. The Morgan fingerprint density at radius 1 is 1.24 bits per heavy atom. The zero-order valence-electron chi connectivity index (χ0n) is 11.2. The van der Waals surface area contributed by atoms with Crippen LogP contribution in [0.15, 0.2) is 18.2 Å². The summed E-state index contributed by atoms with van der Waals surface area (Å²) in [6.07, 6.45) is 4.97. The molecule has 1 unspecified atom stereocenters. The molecule has 0 saturated heterocycles. The van der Waals surface area contributed by atoms with Gasteiger partial charge in [-0.15, -0.1) is 0 Å². The van der Waals surface area contributed by atoms with Gasteiger partial charge in [-0.25, -0.2) is 4.39 Å². The van der Waals surface area contributed by atoms with Crippen LogP contribution >= 0.6 is 0 Å². The Kier molecular flexibility index (Phi) is 6.03. The topological polar surface area (TPSA) is 12.0 Å². The first kappa shape index (κ1) is 14.0. The molecule has 0 amide bonds. The maximum Gasteiger partial charge on any atom is 0.125 e. The second kappa shape index (κ2) is 7.31. The van der Waals surface area contributed by atoms with Gasteiger partial charge in [0.1, 0.15) is 5.82 Å². The van der Waals surface area contributed by atoms with E-state index in [0.29, 0.717) is 5.92 Å². The van der Waals surface area contributed by atoms with E-state index in [1.165, 1.54) is 25.7 Å². The maximum atomic E-state index is 13.2. The van der Waals surface area contributed by atoms with Crippen LogP contribution in [0, 0.1) is 18.7 Å². The summed E-state index contributed by atoms with van der Waals surface area (Å²) in [5, 5.41) is 3.35. The Morgan fingerprint density at radius 3 is 2.59 bits per heavy atom. The minimum absolute atomic E-state index is 0.158. The Labute approximate surface area is 104 Å². The third kappa shape index (κ3) is 5.20. The van der Waals surface area contributed by atoms with E-state index in [2.05, 4.69) is 19.2 Å². The summed E-state index contributed by atoms with van der Waals surface area (Å²) in [6, 6.07) is 5.12. The van der Waals surface area contributed by atoms with Crippen LogP contribution in [-0.2, 0) is 0 Å². The smallest absolute Gasteiger partial charge is 0.125 e. The third-order valence-corrected chi connectivity index (χ3v) is 3.18. The molecule has 0 aliphatic carbocycles. The third-order valence-electron chi connectivity index (χ3n) is 3.18. The molecule has 0 heterocycles. The summed E-state index contributed by atoms with van der Waals surface area (Å²) >= 11 is 0. The SMILES string of the molecule is CCCCC(CC)CNc1cc(C)cc(F)c1. The summed E-state index contributed by atoms with van der Waals surface area (Å²) < 4.78 is 13.2. The van der Waals surface area contributed by atoms with Crippen LogP contribution in [0.4, 0.5) is 10.1 Å². The molecule has 1 atom stereocenters. The Balaban J connectivity index is 2.47. The summed E-state index contributed by atoms with van der Waals surface area (Å²) in [4.78, 5) is 0. The van der Waals surface area contributed by atoms with Gasteiger partial charge in [-0.3, -0.25) is 0 Å². The fourth-order valence-electron chi connectivity index (χ4n) is 2.04. The molecule has 1 nitrogen and oxygen atoms in total. The number of aryl methyl sites for hydroxylation is 1. The summed E-state index contributed by atoms with van der Waals surface area (Å²) in [7, 11) is 0. The lowest BCUT2D eigenvalue weighted by Crippen LogP contribution is -2.13. The fraction of sp³-hybridized carbons (Fsp3) is 0.600. The van der Waals surface area contributed by atoms with Crippen LogP contribution in [0.2, 0.25) is 0 Å². The monoisotopic (exact) mass is 237 g/mol. The summed E-state index contributed by atoms with van der Waals surface area (Å²) in [5.41, 5.74) is 1.87. The number of anilines is 1. The van der Waals surface area contributed by atoms with Gasteiger partial charge in [0.05, 0.1) is 0 Å². The zero-order valence-corrected chi connectivity index (χ0v) is 11.2. The van der Waals surface area contributed by atoms with Gasteiger partial charge in [-0.1, -0.05) is 33.1 Å². The first-order valence-electron chi connectivity index (χ1n) is 6.66. The van der Waals surface area contributed by atoms with Crippen molar-refractivity contribution in [2.75, 3.05) is 11.9 Å². The van der Waals surface area contributed by atoms with Gasteiger partial charge in [-0.05, 0) is 43.0 Å². The highest BCUT2D eigenvalue weighted by molar-refractivity contribution is 5.45. The lowest BCUT2D eigenvalue weighted by atomic mass is 9.99. The molecule has 0 radical (unpaired) electrons. The van der Waals surface area contributed by atoms with Gasteiger partial charge in [0.25, 0.3) is 0 Å². The van der Waals surface area contributed by atoms with Gasteiger partial charge in [0.2, 0.25) is 0 Å². The molecule has 0 aromatic heterocycles. The number of nitrogens with one attached hydrogen (secondary N) is 1. The second-order valence-electron chi connectivity index (χ2n) is 4.81. The molecule has 0 spiro atoms. The van der Waals surface area contributed by atoms with Crippen LogP contribution in [0.25, 0.3) is 0 Å². The van der Waals surface area contributed by atoms with E-state index >= 15 is 0 Å². The van der Waals surface area contributed by atoms with Crippen molar-refractivity contribution in [1.82, 2.24) is 0 Å². The lowest BCUT2D eigenvalue weighted by molar-refractivity contribution is 0.472.